The van der Waals surface area contributed by atoms with Gasteiger partial charge in [-0.1, -0.05) is 53.4 Å². The number of aliphatic carboxylic acids is 3. The highest BCUT2D eigenvalue weighted by Gasteiger charge is 2.30. The Kier molecular flexibility index (Phi) is 68.5. The Labute approximate surface area is 608 Å². The smallest absolute Gasteiger partial charge is 0.307 e. The van der Waals surface area contributed by atoms with Gasteiger partial charge in [-0.15, -0.1) is 0 Å². The summed E-state index contributed by atoms with van der Waals surface area (Å²) in [6, 6.07) is 1.77. The van der Waals surface area contributed by atoms with E-state index in [2.05, 4.69) is 56.0 Å². The van der Waals surface area contributed by atoms with Crippen LogP contribution in [0.5, 0.6) is 0 Å². The van der Waals surface area contributed by atoms with Crippen molar-refractivity contribution in [3.8, 4) is 0 Å². The molecule has 0 aliphatic carbocycles. The van der Waals surface area contributed by atoms with E-state index in [1.807, 2.05) is 55.4 Å². The molecule has 27 heteroatoms. The molecule has 1 rings (SSSR count). The molecule has 27 nitrogen and oxygen atoms in total. The van der Waals surface area contributed by atoms with Crippen molar-refractivity contribution in [3.63, 3.8) is 0 Å². The molecule has 1 fully saturated rings. The number of nitrogens with two attached hydrogens (primary N) is 3. The van der Waals surface area contributed by atoms with E-state index < -0.39 is 29.7 Å². The maximum absolute atomic E-state index is 12.0. The number of primary amides is 1. The molecule has 0 spiro atoms. The summed E-state index contributed by atoms with van der Waals surface area (Å²) in [6.07, 6.45) is 21.6. The lowest BCUT2D eigenvalue weighted by atomic mass is 9.88. The molecule has 0 saturated carbocycles. The summed E-state index contributed by atoms with van der Waals surface area (Å²) in [4.78, 5) is 132. The maximum Gasteiger partial charge on any atom is 0.307 e. The van der Waals surface area contributed by atoms with Crippen molar-refractivity contribution >= 4 is 71.1 Å². The lowest BCUT2D eigenvalue weighted by Crippen LogP contribution is -2.38. The zero-order chi connectivity index (χ0) is 79.5. The summed E-state index contributed by atoms with van der Waals surface area (Å²) in [7, 11) is 0. The van der Waals surface area contributed by atoms with Crippen LogP contribution in [0.3, 0.4) is 0 Å². The fourth-order valence-electron chi connectivity index (χ4n) is 10.6. The molecule has 1 aliphatic rings. The van der Waals surface area contributed by atoms with E-state index in [1.165, 1.54) is 41.0 Å². The standard InChI is InChI=1S/C15H28N2O2.C11H19NO5.C10H20N2O2.C10H22N2O.C10H19NO3.C9H20N2O.C9H19NO2/c1-12(16-14(3)18)8-7-9-13(2)17-11-6-4-5-10-15(17)19;1-6(12-8(3)13)4-5-9(11(16)17)7(2)10(14)15;1-7(10(11)14)5-4-6-8(2)12-9(3)13;1-8(7-11)5-4-6-9(2)12-10(3)13;1-7(10(13)14)5-4-6-8(2)11-9(3)12;1-7(10)5-4-6-8(2)11-9(3)12;1-7(10-9(3)12)5-4-6-8(2)11/h12-13H,4-11H2,1-3H3,(H,16,18);6-7,9H,4-5H2,1-3H3,(H,12,13)(H,14,15)(H,16,17);7-8H,4-6H2,1-3H3,(H2,11,14)(H,12,13);8-9H,4-7,11H2,1-3H3,(H,12,13);7-8H,4-6H2,1-3H3,(H,11,12)(H,13,14);7-8H,4-6,10H2,1-3H3,(H,11,12);7-8,11H,4-6H2,1-3H3,(H,10,12). The Morgan fingerprint density at radius 2 is 0.713 bits per heavy atom. The van der Waals surface area contributed by atoms with Crippen LogP contribution in [0.15, 0.2) is 0 Å². The molecular weight excluding hydrogens is 1300 g/mol. The zero-order valence-electron chi connectivity index (χ0n) is 66.4. The van der Waals surface area contributed by atoms with Crippen molar-refractivity contribution in [2.24, 2.45) is 46.8 Å². The van der Waals surface area contributed by atoms with Crippen molar-refractivity contribution in [2.45, 2.75) is 360 Å². The molecular formula is C74H147N11O16. The fourth-order valence-corrected chi connectivity index (χ4v) is 10.6. The molecule has 1 heterocycles. The van der Waals surface area contributed by atoms with Gasteiger partial charge in [0, 0.05) is 122 Å². The predicted octanol–water partition coefficient (Wildman–Crippen LogP) is 8.76. The van der Waals surface area contributed by atoms with Gasteiger partial charge < -0.3 is 79.7 Å². The first kappa shape index (κ1) is 105. The van der Waals surface area contributed by atoms with E-state index in [4.69, 9.17) is 37.6 Å². The van der Waals surface area contributed by atoms with Gasteiger partial charge in [-0.05, 0) is 204 Å². The molecule has 0 radical (unpaired) electrons. The van der Waals surface area contributed by atoms with Crippen LogP contribution in [0.25, 0.3) is 0 Å². The van der Waals surface area contributed by atoms with Gasteiger partial charge in [-0.25, -0.2) is 0 Å². The molecule has 1 saturated heterocycles. The quantitative estimate of drug-likeness (QED) is 0.0272. The highest BCUT2D eigenvalue weighted by atomic mass is 16.4. The van der Waals surface area contributed by atoms with Gasteiger partial charge in [0.05, 0.1) is 23.9 Å². The SMILES string of the molecule is CC(=O)NC(C)CCC(C(=O)O)C(C)C(=O)O.CC(=O)NC(C)CCCC(C)C(=O)O.CC(=O)NC(C)CCCC(C)C(N)=O.CC(=O)NC(C)CCCC(C)CN.CC(=O)NC(C)CCCC(C)N.CC(=O)NC(C)CCCC(C)N1CCCCCC1=O.CC(=O)NC(C)CCCC(C)O. The number of nitrogens with one attached hydrogen (secondary N) is 7. The number of likely N-dealkylation sites (tertiary alicyclic amines) is 1. The molecule has 101 heavy (non-hydrogen) atoms. The molecule has 0 bridgehead atoms. The number of aliphatic hydroxyl groups excluding tert-OH is 1. The predicted molar refractivity (Wildman–Crippen MR) is 402 cm³/mol. The largest absolute Gasteiger partial charge is 0.481 e. The third kappa shape index (κ3) is 77.5. The van der Waals surface area contributed by atoms with Crippen molar-refractivity contribution in [1.29, 1.82) is 0 Å². The van der Waals surface area contributed by atoms with E-state index in [0.717, 1.165) is 135 Å². The van der Waals surface area contributed by atoms with Gasteiger partial charge in [0.15, 0.2) is 0 Å². The second-order valence-corrected chi connectivity index (χ2v) is 28.4. The number of carboxylic acid groups (broad SMARTS) is 3. The minimum absolute atomic E-state index is 0.0135. The number of aliphatic hydroxyl groups is 1. The summed E-state index contributed by atoms with van der Waals surface area (Å²) in [5.74, 6) is -4.64. The van der Waals surface area contributed by atoms with Gasteiger partial charge in [-0.2, -0.15) is 0 Å². The third-order valence-corrected chi connectivity index (χ3v) is 16.5. The van der Waals surface area contributed by atoms with Crippen LogP contribution >= 0.6 is 0 Å². The topological polar surface area (TPSA) is 451 Å². The van der Waals surface area contributed by atoms with Gasteiger partial charge >= 0.3 is 17.9 Å². The normalized spacial score (nSPS) is 16.0. The van der Waals surface area contributed by atoms with Crippen molar-refractivity contribution in [1.82, 2.24) is 42.1 Å². The average molecular weight is 1450 g/mol. The lowest BCUT2D eigenvalue weighted by molar-refractivity contribution is -0.153. The second kappa shape index (κ2) is 65.5. The van der Waals surface area contributed by atoms with Crippen LogP contribution in [0.1, 0.15) is 299 Å². The molecule has 17 N–H and O–H groups in total. The van der Waals surface area contributed by atoms with E-state index in [-0.39, 0.29) is 114 Å². The van der Waals surface area contributed by atoms with Gasteiger partial charge in [-0.3, -0.25) is 57.5 Å². The number of carboxylic acids is 3. The van der Waals surface area contributed by atoms with Crippen LogP contribution in [0, 0.1) is 29.6 Å². The monoisotopic (exact) mass is 1450 g/mol. The number of hydrogen-bond donors (Lipinski definition) is 14. The zero-order valence-corrected chi connectivity index (χ0v) is 66.4. The lowest BCUT2D eigenvalue weighted by Gasteiger charge is -2.28. The Bertz CT molecular complexity index is 2200. The molecule has 0 aromatic heterocycles. The number of amides is 9. The Hall–Kier alpha value is -6.48. The maximum atomic E-state index is 12.0. The van der Waals surface area contributed by atoms with Crippen molar-refractivity contribution < 1.29 is 78.0 Å². The van der Waals surface area contributed by atoms with Crippen molar-refractivity contribution in [3.05, 3.63) is 0 Å². The summed E-state index contributed by atoms with van der Waals surface area (Å²) < 4.78 is 0. The number of carbonyl (C=O) groups is 12. The van der Waals surface area contributed by atoms with Gasteiger partial charge in [0.25, 0.3) is 0 Å². The molecule has 594 valence electrons. The van der Waals surface area contributed by atoms with E-state index in [9.17, 15) is 57.5 Å². The molecule has 15 atom stereocenters. The highest BCUT2D eigenvalue weighted by Crippen LogP contribution is 2.21. The summed E-state index contributed by atoms with van der Waals surface area (Å²) in [5, 5.41) is 54.9. The van der Waals surface area contributed by atoms with Crippen LogP contribution in [-0.2, 0) is 57.5 Å². The first-order valence-electron chi connectivity index (χ1n) is 37.0. The number of nitrogens with zero attached hydrogens (tertiary/aromatic N) is 1. The molecule has 15 unspecified atom stereocenters. The van der Waals surface area contributed by atoms with Crippen LogP contribution in [0.2, 0.25) is 0 Å². The Morgan fingerprint density at radius 1 is 0.396 bits per heavy atom. The van der Waals surface area contributed by atoms with E-state index >= 15 is 0 Å². The molecule has 9 amide bonds. The summed E-state index contributed by atoms with van der Waals surface area (Å²) in [5.41, 5.74) is 16.2. The van der Waals surface area contributed by atoms with E-state index in [1.54, 1.807) is 41.5 Å². The first-order chi connectivity index (χ1) is 46.7. The van der Waals surface area contributed by atoms with E-state index in [0.29, 0.717) is 43.2 Å². The van der Waals surface area contributed by atoms with Crippen LogP contribution < -0.4 is 54.4 Å². The third-order valence-electron chi connectivity index (χ3n) is 16.5. The highest BCUT2D eigenvalue weighted by molar-refractivity contribution is 5.80. The minimum atomic E-state index is -1.12. The summed E-state index contributed by atoms with van der Waals surface area (Å²) in [6.45, 7) is 38.9. The summed E-state index contributed by atoms with van der Waals surface area (Å²) >= 11 is 0. The number of carbonyl (C=O) groups excluding carboxylic acids is 9. The fraction of sp³-hybridized carbons (Fsp3) is 0.838. The Morgan fingerprint density at radius 3 is 1.01 bits per heavy atom. The van der Waals surface area contributed by atoms with Crippen molar-refractivity contribution in [2.75, 3.05) is 13.1 Å². The van der Waals surface area contributed by atoms with Gasteiger partial charge in [0.2, 0.25) is 53.2 Å². The number of hydrogen-bond acceptors (Lipinski definition) is 15. The molecule has 1 aliphatic heterocycles. The van der Waals surface area contributed by atoms with Crippen LogP contribution in [0.4, 0.5) is 0 Å². The molecule has 0 aromatic rings. The minimum Gasteiger partial charge on any atom is -0.481 e. The number of rotatable bonds is 41. The van der Waals surface area contributed by atoms with Gasteiger partial charge in [0.1, 0.15) is 0 Å². The average Bonchev–Trinajstić information content (AvgIpc) is 1.90. The Balaban J connectivity index is -0.000000262. The first-order valence-corrected chi connectivity index (χ1v) is 37.0. The van der Waals surface area contributed by atoms with Crippen LogP contribution in [-0.4, -0.2) is 170 Å². The molecule has 0 aromatic carbocycles. The second-order valence-electron chi connectivity index (χ2n) is 28.4.